The van der Waals surface area contributed by atoms with Gasteiger partial charge in [0.05, 0.1) is 0 Å². The number of nitrogens with zero attached hydrogens (tertiary/aromatic N) is 2. The van der Waals surface area contributed by atoms with E-state index in [9.17, 15) is 4.79 Å². The van der Waals surface area contributed by atoms with Crippen molar-refractivity contribution >= 4 is 32.7 Å². The number of aromatic carboxylic acids is 1. The number of pyridine rings is 2. The number of benzene rings is 1. The van der Waals surface area contributed by atoms with E-state index in [1.54, 1.807) is 18.3 Å². The second-order valence-electron chi connectivity index (χ2n) is 4.21. The molecule has 0 saturated carbocycles. The van der Waals surface area contributed by atoms with Gasteiger partial charge in [0.25, 0.3) is 0 Å². The first-order chi connectivity index (χ1) is 10.2. The molecule has 0 atom stereocenters. The van der Waals surface area contributed by atoms with Crippen molar-refractivity contribution in [1.82, 2.24) is 9.97 Å². The summed E-state index contributed by atoms with van der Waals surface area (Å²) in [5.41, 5.74) is -0.147. The lowest BCUT2D eigenvalue weighted by atomic mass is 10.2. The van der Waals surface area contributed by atoms with E-state index >= 15 is 0 Å². The summed E-state index contributed by atoms with van der Waals surface area (Å²) in [6, 6.07) is 10.7. The fourth-order valence-corrected chi connectivity index (χ4v) is 2.46. The van der Waals surface area contributed by atoms with Crippen LogP contribution in [0.1, 0.15) is 10.5 Å². The largest absolute Gasteiger partial charge is 0.476 e. The van der Waals surface area contributed by atoms with E-state index < -0.39 is 5.97 Å². The summed E-state index contributed by atoms with van der Waals surface area (Å²) in [7, 11) is 0. The Hall–Kier alpha value is -2.47. The van der Waals surface area contributed by atoms with Crippen molar-refractivity contribution in [2.45, 2.75) is 0 Å². The maximum absolute atomic E-state index is 11.2. The van der Waals surface area contributed by atoms with Crippen molar-refractivity contribution in [3.63, 3.8) is 0 Å². The number of hydrogen-bond donors (Lipinski definition) is 1. The highest BCUT2D eigenvalue weighted by atomic mass is 79.9. The van der Waals surface area contributed by atoms with Crippen molar-refractivity contribution in [1.29, 1.82) is 0 Å². The van der Waals surface area contributed by atoms with Crippen molar-refractivity contribution in [3.8, 4) is 11.6 Å². The van der Waals surface area contributed by atoms with Gasteiger partial charge in [-0.3, -0.25) is 0 Å². The molecule has 104 valence electrons. The Morgan fingerprint density at radius 1 is 1.05 bits per heavy atom. The lowest BCUT2D eigenvalue weighted by Crippen LogP contribution is -2.03. The summed E-state index contributed by atoms with van der Waals surface area (Å²) in [5.74, 6) is -0.652. The third-order valence-electron chi connectivity index (χ3n) is 2.90. The van der Waals surface area contributed by atoms with E-state index in [0.717, 1.165) is 15.2 Å². The summed E-state index contributed by atoms with van der Waals surface area (Å²) >= 11 is 3.46. The predicted octanol–water partition coefficient (Wildman–Crippen LogP) is 3.88. The number of hydrogen-bond acceptors (Lipinski definition) is 4. The van der Waals surface area contributed by atoms with Gasteiger partial charge in [0.15, 0.2) is 11.4 Å². The summed E-state index contributed by atoms with van der Waals surface area (Å²) in [4.78, 5) is 19.1. The average molecular weight is 345 g/mol. The van der Waals surface area contributed by atoms with Gasteiger partial charge in [-0.2, -0.15) is 0 Å². The number of carboxylic acid groups (broad SMARTS) is 1. The molecule has 6 heteroatoms. The van der Waals surface area contributed by atoms with E-state index in [0.29, 0.717) is 5.88 Å². The monoisotopic (exact) mass is 344 g/mol. The normalized spacial score (nSPS) is 10.5. The molecule has 21 heavy (non-hydrogen) atoms. The molecule has 0 bridgehead atoms. The van der Waals surface area contributed by atoms with Crippen LogP contribution in [0.3, 0.4) is 0 Å². The van der Waals surface area contributed by atoms with Crippen molar-refractivity contribution in [2.24, 2.45) is 0 Å². The van der Waals surface area contributed by atoms with Gasteiger partial charge in [0.1, 0.15) is 0 Å². The standard InChI is InChI=1S/C15H9BrN2O3/c16-11-4-1-3-10-9(11)6-8-18-14(10)21-12-5-2-7-17-13(12)15(19)20/h1-8H,(H,19,20). The van der Waals surface area contributed by atoms with E-state index in [4.69, 9.17) is 9.84 Å². The lowest BCUT2D eigenvalue weighted by molar-refractivity contribution is 0.0687. The molecule has 0 saturated heterocycles. The highest BCUT2D eigenvalue weighted by Crippen LogP contribution is 2.32. The molecule has 5 nitrogen and oxygen atoms in total. The molecule has 3 rings (SSSR count). The molecule has 3 aromatic rings. The zero-order chi connectivity index (χ0) is 14.8. The molecule has 0 aliphatic rings. The number of carbonyl (C=O) groups is 1. The first-order valence-electron chi connectivity index (χ1n) is 6.06. The molecule has 0 aliphatic heterocycles. The Bertz CT molecular complexity index is 836. The molecule has 0 fully saturated rings. The molecule has 2 aromatic heterocycles. The van der Waals surface area contributed by atoms with Crippen molar-refractivity contribution in [3.05, 3.63) is 59.0 Å². The fraction of sp³-hybridized carbons (Fsp3) is 0. The van der Waals surface area contributed by atoms with Gasteiger partial charge >= 0.3 is 5.97 Å². The van der Waals surface area contributed by atoms with Crippen LogP contribution in [-0.4, -0.2) is 21.0 Å². The third kappa shape index (κ3) is 2.57. The highest BCUT2D eigenvalue weighted by Gasteiger charge is 2.15. The number of halogens is 1. The summed E-state index contributed by atoms with van der Waals surface area (Å²) in [6.07, 6.45) is 3.02. The van der Waals surface area contributed by atoms with Crippen LogP contribution < -0.4 is 4.74 Å². The van der Waals surface area contributed by atoms with Gasteiger partial charge in [0, 0.05) is 27.6 Å². The maximum atomic E-state index is 11.2. The second-order valence-corrected chi connectivity index (χ2v) is 5.06. The van der Waals surface area contributed by atoms with Crippen molar-refractivity contribution in [2.75, 3.05) is 0 Å². The SMILES string of the molecule is O=C(O)c1ncccc1Oc1nccc2c(Br)cccc12. The van der Waals surface area contributed by atoms with Crippen LogP contribution in [0, 0.1) is 0 Å². The van der Waals surface area contributed by atoms with Crippen LogP contribution in [0.15, 0.2) is 53.3 Å². The summed E-state index contributed by atoms with van der Waals surface area (Å²) < 4.78 is 6.58. The van der Waals surface area contributed by atoms with Crippen LogP contribution in [0.2, 0.25) is 0 Å². The Morgan fingerprint density at radius 2 is 1.90 bits per heavy atom. The number of aromatic nitrogens is 2. The van der Waals surface area contributed by atoms with E-state index in [1.807, 2.05) is 24.3 Å². The molecule has 0 aliphatic carbocycles. The van der Waals surface area contributed by atoms with Gasteiger partial charge in [-0.15, -0.1) is 0 Å². The highest BCUT2D eigenvalue weighted by molar-refractivity contribution is 9.10. The number of rotatable bonds is 3. The third-order valence-corrected chi connectivity index (χ3v) is 3.59. The Balaban J connectivity index is 2.11. The van der Waals surface area contributed by atoms with Crippen LogP contribution in [0.5, 0.6) is 11.6 Å². The van der Waals surface area contributed by atoms with E-state index in [1.165, 1.54) is 6.20 Å². The molecule has 1 N–H and O–H groups in total. The predicted molar refractivity (Wildman–Crippen MR) is 80.7 cm³/mol. The molecule has 0 spiro atoms. The Kier molecular flexibility index (Phi) is 3.53. The number of carboxylic acids is 1. The molecule has 0 amide bonds. The number of ether oxygens (including phenoxy) is 1. The van der Waals surface area contributed by atoms with Gasteiger partial charge < -0.3 is 9.84 Å². The van der Waals surface area contributed by atoms with Gasteiger partial charge in [-0.25, -0.2) is 14.8 Å². The molecular weight excluding hydrogens is 336 g/mol. The molecule has 0 unspecified atom stereocenters. The quantitative estimate of drug-likeness (QED) is 0.780. The topological polar surface area (TPSA) is 72.3 Å². The minimum Gasteiger partial charge on any atom is -0.476 e. The van der Waals surface area contributed by atoms with Gasteiger partial charge in [-0.05, 0) is 30.3 Å². The molecule has 2 heterocycles. The minimum absolute atomic E-state index is 0.147. The van der Waals surface area contributed by atoms with Crippen molar-refractivity contribution < 1.29 is 14.6 Å². The first-order valence-corrected chi connectivity index (χ1v) is 6.85. The van der Waals surface area contributed by atoms with Crippen LogP contribution in [-0.2, 0) is 0 Å². The van der Waals surface area contributed by atoms with E-state index in [2.05, 4.69) is 25.9 Å². The Labute approximate surface area is 128 Å². The average Bonchev–Trinajstić information content (AvgIpc) is 2.49. The summed E-state index contributed by atoms with van der Waals surface area (Å²) in [6.45, 7) is 0. The zero-order valence-electron chi connectivity index (χ0n) is 10.7. The summed E-state index contributed by atoms with van der Waals surface area (Å²) in [5, 5.41) is 10.8. The van der Waals surface area contributed by atoms with Crippen LogP contribution >= 0.6 is 15.9 Å². The van der Waals surface area contributed by atoms with Gasteiger partial charge in [-0.1, -0.05) is 22.0 Å². The minimum atomic E-state index is -1.15. The zero-order valence-corrected chi connectivity index (χ0v) is 12.2. The maximum Gasteiger partial charge on any atom is 0.358 e. The van der Waals surface area contributed by atoms with Crippen LogP contribution in [0.4, 0.5) is 0 Å². The van der Waals surface area contributed by atoms with E-state index in [-0.39, 0.29) is 11.4 Å². The molecule has 1 aromatic carbocycles. The fourth-order valence-electron chi connectivity index (χ4n) is 1.96. The number of fused-ring (bicyclic) bond motifs is 1. The second kappa shape index (κ2) is 5.49. The molecular formula is C15H9BrN2O3. The smallest absolute Gasteiger partial charge is 0.358 e. The van der Waals surface area contributed by atoms with Crippen LogP contribution in [0.25, 0.3) is 10.8 Å². The van der Waals surface area contributed by atoms with Gasteiger partial charge in [0.2, 0.25) is 5.88 Å². The Morgan fingerprint density at radius 3 is 2.71 bits per heavy atom. The lowest BCUT2D eigenvalue weighted by Gasteiger charge is -2.09. The first kappa shape index (κ1) is 13.5. The molecule has 0 radical (unpaired) electrons.